The maximum absolute atomic E-state index is 8.00. The third-order valence-corrected chi connectivity index (χ3v) is 26.8. The average molecular weight is 1470 g/mol. The van der Waals surface area contributed by atoms with E-state index in [1.54, 1.807) is 0 Å². The SMILES string of the molecule is c1ccc(-c2c3c4cc5c6cccc(-c7cccc8c7c7cc9oc%10ccccc%10c9c9c%10c(-c%11ccccc%11)c%11c(c(-c%12ccccc%12)c%10n8c79)c7c8c(cc9c%10ccccc%10n%11c97)oc7ccccc78)c6oc5c5c6ccccc6n(c3c(-c3ccccc3)c3c6cc7c8ccccc8oc7c7c8ccccc8n(c23)c67)c45)cc1. The van der Waals surface area contributed by atoms with Crippen LogP contribution in [0.25, 0.3) is 296 Å². The van der Waals surface area contributed by atoms with E-state index >= 15 is 0 Å². The summed E-state index contributed by atoms with van der Waals surface area (Å²) in [7, 11) is 0. The van der Waals surface area contributed by atoms with Crippen LogP contribution in [0.4, 0.5) is 0 Å². The second kappa shape index (κ2) is 20.5. The van der Waals surface area contributed by atoms with Crippen LogP contribution in [-0.2, 0) is 0 Å². The van der Waals surface area contributed by atoms with Crippen molar-refractivity contribution in [3.63, 3.8) is 0 Å². The molecule has 30 aromatic rings. The minimum atomic E-state index is 0.831. The molecule has 0 saturated carbocycles. The molecule has 30 rings (SSSR count). The Morgan fingerprint density at radius 1 is 0.155 bits per heavy atom. The molecule has 0 amide bonds. The number of hydrogen-bond donors (Lipinski definition) is 0. The van der Waals surface area contributed by atoms with Gasteiger partial charge in [0.2, 0.25) is 0 Å². The second-order valence-corrected chi connectivity index (χ2v) is 32.1. The number of para-hydroxylation sites is 7. The molecule has 18 aromatic carbocycles. The number of nitrogens with zero attached hydrogens (tertiary/aromatic N) is 4. The van der Waals surface area contributed by atoms with Gasteiger partial charge in [-0.15, -0.1) is 0 Å². The summed E-state index contributed by atoms with van der Waals surface area (Å²) in [4.78, 5) is 0. The predicted octanol–water partition coefficient (Wildman–Crippen LogP) is 30.2. The van der Waals surface area contributed by atoms with Crippen molar-refractivity contribution in [2.24, 2.45) is 0 Å². The molecule has 12 aromatic heterocycles. The second-order valence-electron chi connectivity index (χ2n) is 32.1. The van der Waals surface area contributed by atoms with E-state index < -0.39 is 0 Å². The normalized spacial score (nSPS) is 13.0. The van der Waals surface area contributed by atoms with Gasteiger partial charge in [0.05, 0.1) is 77.0 Å². The molecule has 0 fully saturated rings. The summed E-state index contributed by atoms with van der Waals surface area (Å²) in [6.07, 6.45) is 0. The van der Waals surface area contributed by atoms with Gasteiger partial charge < -0.3 is 35.3 Å². The lowest BCUT2D eigenvalue weighted by atomic mass is 9.87. The van der Waals surface area contributed by atoms with Crippen molar-refractivity contribution in [3.05, 3.63) is 328 Å². The summed E-state index contributed by atoms with van der Waals surface area (Å²) in [6, 6.07) is 121. The molecule has 0 aliphatic heterocycles. The van der Waals surface area contributed by atoms with Gasteiger partial charge in [0.15, 0.2) is 0 Å². The van der Waals surface area contributed by atoms with Crippen LogP contribution in [0.1, 0.15) is 0 Å². The first-order valence-electron chi connectivity index (χ1n) is 40.0. The molecule has 0 aliphatic rings. The van der Waals surface area contributed by atoms with E-state index in [0.717, 1.165) is 230 Å². The van der Waals surface area contributed by atoms with Gasteiger partial charge in [-0.2, -0.15) is 0 Å². The number of aromatic nitrogens is 4. The maximum Gasteiger partial charge on any atom is 0.145 e. The van der Waals surface area contributed by atoms with Crippen LogP contribution in [0.2, 0.25) is 0 Å². The van der Waals surface area contributed by atoms with Crippen LogP contribution in [-0.4, -0.2) is 17.6 Å². The van der Waals surface area contributed by atoms with Gasteiger partial charge in [-0.3, -0.25) is 0 Å². The number of fused-ring (bicyclic) bond motifs is 40. The lowest BCUT2D eigenvalue weighted by molar-refractivity contribution is 0.669. The molecular weight excluding hydrogens is 1420 g/mol. The standard InChI is InChI=1S/C108H54N4O4/c1-5-27-55(28-6-1)83-90-71-51-69-60-36-16-22-48-78(60)115-107(69)92-64-37-14-20-45-75(64)110(99(71)92)102(90)84(56-29-7-2-8-30-56)91-72-52-70-63-43-25-42-62(106(63)116-108(70)93-65-38-15-21-46-76(65)111(100(72)93)103(83)91)61-41-26-47-77-87(61)73-54-82-89(67-40-18-24-50-80(67)114-82)97-95-85(57-31-9-3-10-32-57)104-94(86(58-33-11-4-12-34-58)105(95)112(77)101(73)97)96-88-66-39-17-23-49-79(66)113-81(88)53-68-59-35-13-19-44-74(59)109(104)98(68)96/h1-54H. The van der Waals surface area contributed by atoms with E-state index in [1.165, 1.54) is 65.4 Å². The van der Waals surface area contributed by atoms with Crippen molar-refractivity contribution in [2.45, 2.75) is 0 Å². The van der Waals surface area contributed by atoms with Gasteiger partial charge in [0, 0.05) is 146 Å². The quantitative estimate of drug-likeness (QED) is 0.172. The van der Waals surface area contributed by atoms with E-state index in [0.29, 0.717) is 0 Å². The number of furan rings is 4. The third-order valence-electron chi connectivity index (χ3n) is 26.8. The zero-order valence-electron chi connectivity index (χ0n) is 61.6. The van der Waals surface area contributed by atoms with Gasteiger partial charge in [-0.1, -0.05) is 261 Å². The summed E-state index contributed by atoms with van der Waals surface area (Å²) < 4.78 is 39.9. The highest BCUT2D eigenvalue weighted by atomic mass is 16.3. The van der Waals surface area contributed by atoms with E-state index in [-0.39, 0.29) is 0 Å². The lowest BCUT2D eigenvalue weighted by Gasteiger charge is -2.16. The molecule has 8 heteroatoms. The minimum Gasteiger partial charge on any atom is -0.456 e. The van der Waals surface area contributed by atoms with Crippen LogP contribution < -0.4 is 0 Å². The Kier molecular flexibility index (Phi) is 10.5. The van der Waals surface area contributed by atoms with Crippen LogP contribution in [0.15, 0.2) is 345 Å². The number of benzene rings is 18. The topological polar surface area (TPSA) is 70.2 Å². The van der Waals surface area contributed by atoms with Crippen molar-refractivity contribution in [1.82, 2.24) is 17.6 Å². The fourth-order valence-corrected chi connectivity index (χ4v) is 22.6. The molecule has 0 atom stereocenters. The Bertz CT molecular complexity index is 9710. The van der Waals surface area contributed by atoms with Gasteiger partial charge in [-0.25, -0.2) is 0 Å². The minimum absolute atomic E-state index is 0.831. The molecule has 0 N–H and O–H groups in total. The summed E-state index contributed by atoms with van der Waals surface area (Å²) in [5, 5.41) is 27.2. The van der Waals surface area contributed by atoms with Gasteiger partial charge in [0.1, 0.15) is 44.7 Å². The largest absolute Gasteiger partial charge is 0.456 e. The van der Waals surface area contributed by atoms with Crippen molar-refractivity contribution in [3.8, 4) is 55.6 Å². The third kappa shape index (κ3) is 6.80. The fourth-order valence-electron chi connectivity index (χ4n) is 22.6. The van der Waals surface area contributed by atoms with E-state index in [9.17, 15) is 0 Å². The Labute approximate surface area is 654 Å². The molecule has 530 valence electrons. The first-order chi connectivity index (χ1) is 57.7. The number of rotatable bonds is 5. The predicted molar refractivity (Wildman–Crippen MR) is 481 cm³/mol. The molecule has 0 saturated heterocycles. The molecule has 0 bridgehead atoms. The Hall–Kier alpha value is -15.6. The van der Waals surface area contributed by atoms with E-state index in [1.807, 2.05) is 0 Å². The smallest absolute Gasteiger partial charge is 0.145 e. The Morgan fingerprint density at radius 2 is 0.500 bits per heavy atom. The van der Waals surface area contributed by atoms with Crippen molar-refractivity contribution < 1.29 is 17.7 Å². The van der Waals surface area contributed by atoms with Gasteiger partial charge in [0.25, 0.3) is 0 Å². The van der Waals surface area contributed by atoms with Crippen LogP contribution >= 0.6 is 0 Å². The summed E-state index contributed by atoms with van der Waals surface area (Å²) in [6.45, 7) is 0. The Balaban J connectivity index is 0.777. The highest BCUT2D eigenvalue weighted by Gasteiger charge is 2.38. The summed E-state index contributed by atoms with van der Waals surface area (Å²) >= 11 is 0. The van der Waals surface area contributed by atoms with Crippen LogP contribution in [0.3, 0.4) is 0 Å². The first-order valence-corrected chi connectivity index (χ1v) is 40.0. The summed E-state index contributed by atoms with van der Waals surface area (Å²) in [5.74, 6) is 0. The number of hydrogen-bond acceptors (Lipinski definition) is 4. The highest BCUT2D eigenvalue weighted by Crippen LogP contribution is 2.61. The highest BCUT2D eigenvalue weighted by molar-refractivity contribution is 6.47. The van der Waals surface area contributed by atoms with E-state index in [4.69, 9.17) is 17.7 Å². The monoisotopic (exact) mass is 1470 g/mol. The molecule has 8 nitrogen and oxygen atoms in total. The van der Waals surface area contributed by atoms with Crippen LogP contribution in [0.5, 0.6) is 0 Å². The molecular formula is C108H54N4O4. The Morgan fingerprint density at radius 3 is 1.03 bits per heavy atom. The van der Waals surface area contributed by atoms with Crippen molar-refractivity contribution in [1.29, 1.82) is 0 Å². The molecule has 0 radical (unpaired) electrons. The van der Waals surface area contributed by atoms with Crippen molar-refractivity contribution in [2.75, 3.05) is 0 Å². The van der Waals surface area contributed by atoms with Crippen LogP contribution in [0, 0.1) is 0 Å². The summed E-state index contributed by atoms with van der Waals surface area (Å²) in [5.41, 5.74) is 31.9. The molecule has 0 aliphatic carbocycles. The average Bonchev–Trinajstić information content (AvgIpc) is 1.49. The molecule has 0 unspecified atom stereocenters. The molecule has 116 heavy (non-hydrogen) atoms. The van der Waals surface area contributed by atoms with Gasteiger partial charge >= 0.3 is 0 Å². The van der Waals surface area contributed by atoms with E-state index in [2.05, 4.69) is 345 Å². The molecule has 0 spiro atoms. The fraction of sp³-hybridized carbons (Fsp3) is 0. The van der Waals surface area contributed by atoms with Gasteiger partial charge in [-0.05, 0) is 94.5 Å². The first kappa shape index (κ1) is 59.2. The lowest BCUT2D eigenvalue weighted by Crippen LogP contribution is -1.93. The zero-order valence-corrected chi connectivity index (χ0v) is 61.6. The zero-order chi connectivity index (χ0) is 74.5. The van der Waals surface area contributed by atoms with Crippen molar-refractivity contribution >= 4 is 240 Å². The maximum atomic E-state index is 8.00. The molecule has 12 heterocycles.